The smallest absolute Gasteiger partial charge is 0.215 e. The fraction of sp³-hybridized carbons (Fsp3) is 0.600. The summed E-state index contributed by atoms with van der Waals surface area (Å²) in [5.41, 5.74) is 1.43. The Morgan fingerprint density at radius 3 is 2.55 bits per heavy atom. The number of benzene rings is 1. The molecule has 0 atom stereocenters. The lowest BCUT2D eigenvalue weighted by Crippen LogP contribution is -2.26. The maximum atomic E-state index is 11.9. The van der Waals surface area contributed by atoms with Crippen molar-refractivity contribution in [3.8, 4) is 0 Å². The summed E-state index contributed by atoms with van der Waals surface area (Å²) in [7, 11) is -3.29. The van der Waals surface area contributed by atoms with Gasteiger partial charge in [0.15, 0.2) is 0 Å². The van der Waals surface area contributed by atoms with Gasteiger partial charge in [-0.1, -0.05) is 51.0 Å². The highest BCUT2D eigenvalue weighted by atomic mass is 32.2. The average molecular weight is 299 g/mol. The van der Waals surface area contributed by atoms with Crippen LogP contribution in [0.3, 0.4) is 0 Å². The average Bonchev–Trinajstić information content (AvgIpc) is 2.37. The quantitative estimate of drug-likeness (QED) is 0.688. The maximum absolute atomic E-state index is 11.9. The van der Waals surface area contributed by atoms with Crippen molar-refractivity contribution in [2.75, 3.05) is 6.54 Å². The highest BCUT2D eigenvalue weighted by Crippen LogP contribution is 2.09. The van der Waals surface area contributed by atoms with Crippen molar-refractivity contribution in [3.05, 3.63) is 35.4 Å². The Balaban J connectivity index is 2.41. The molecule has 4 nitrogen and oxygen atoms in total. The van der Waals surface area contributed by atoms with E-state index in [-0.39, 0.29) is 12.4 Å². The van der Waals surface area contributed by atoms with E-state index < -0.39 is 10.0 Å². The minimum Gasteiger partial charge on any atom is -0.392 e. The molecular weight excluding hydrogens is 274 g/mol. The van der Waals surface area contributed by atoms with Crippen LogP contribution in [0, 0.1) is 5.92 Å². The number of hydrogen-bond donors (Lipinski definition) is 2. The highest BCUT2D eigenvalue weighted by molar-refractivity contribution is 7.88. The lowest BCUT2D eigenvalue weighted by molar-refractivity contribution is 0.282. The highest BCUT2D eigenvalue weighted by Gasteiger charge is 2.11. The molecule has 0 heterocycles. The summed E-state index contributed by atoms with van der Waals surface area (Å²) in [5.74, 6) is 0.623. The molecule has 0 aliphatic carbocycles. The molecule has 5 heteroatoms. The normalized spacial score (nSPS) is 12.0. The van der Waals surface area contributed by atoms with E-state index in [9.17, 15) is 8.42 Å². The number of unbranched alkanes of at least 4 members (excludes halogenated alkanes) is 1. The van der Waals surface area contributed by atoms with E-state index in [0.717, 1.165) is 24.8 Å². The molecule has 2 N–H and O–H groups in total. The largest absolute Gasteiger partial charge is 0.392 e. The van der Waals surface area contributed by atoms with E-state index >= 15 is 0 Å². The zero-order chi connectivity index (χ0) is 15.0. The zero-order valence-corrected chi connectivity index (χ0v) is 13.1. The molecule has 0 bridgehead atoms. The van der Waals surface area contributed by atoms with Crippen LogP contribution < -0.4 is 4.72 Å². The maximum Gasteiger partial charge on any atom is 0.215 e. The minimum atomic E-state index is -3.29. The monoisotopic (exact) mass is 299 g/mol. The standard InChI is InChI=1S/C15H25NO3S/c1-13(2)6-3-4-9-16-20(18,19)12-15-8-5-7-14(10-15)11-17/h5,7-8,10,13,16-17H,3-4,6,9,11-12H2,1-2H3. The first-order valence-electron chi connectivity index (χ1n) is 7.09. The predicted molar refractivity (Wildman–Crippen MR) is 81.7 cm³/mol. The minimum absolute atomic E-state index is 0.0367. The van der Waals surface area contributed by atoms with Crippen molar-refractivity contribution in [2.24, 2.45) is 5.92 Å². The first-order chi connectivity index (χ1) is 9.43. The Morgan fingerprint density at radius 2 is 1.90 bits per heavy atom. The van der Waals surface area contributed by atoms with Gasteiger partial charge in [0.05, 0.1) is 12.4 Å². The third-order valence-electron chi connectivity index (χ3n) is 3.06. The third-order valence-corrected chi connectivity index (χ3v) is 4.42. The Kier molecular flexibility index (Phi) is 7.19. The molecule has 0 spiro atoms. The van der Waals surface area contributed by atoms with E-state index in [1.54, 1.807) is 24.3 Å². The molecule has 0 unspecified atom stereocenters. The SMILES string of the molecule is CC(C)CCCCNS(=O)(=O)Cc1cccc(CO)c1. The van der Waals surface area contributed by atoms with Crippen LogP contribution in [0.15, 0.2) is 24.3 Å². The first kappa shape index (κ1) is 17.1. The second kappa shape index (κ2) is 8.39. The molecule has 0 aliphatic heterocycles. The molecule has 1 aromatic rings. The van der Waals surface area contributed by atoms with Gasteiger partial charge in [-0.15, -0.1) is 0 Å². The van der Waals surface area contributed by atoms with Gasteiger partial charge in [-0.2, -0.15) is 0 Å². The van der Waals surface area contributed by atoms with Crippen molar-refractivity contribution >= 4 is 10.0 Å². The van der Waals surface area contributed by atoms with Crippen molar-refractivity contribution in [1.82, 2.24) is 4.72 Å². The van der Waals surface area contributed by atoms with Gasteiger partial charge >= 0.3 is 0 Å². The summed E-state index contributed by atoms with van der Waals surface area (Å²) in [6, 6.07) is 7.02. The van der Waals surface area contributed by atoms with Crippen LogP contribution in [-0.2, 0) is 22.4 Å². The van der Waals surface area contributed by atoms with Gasteiger partial charge in [0.25, 0.3) is 0 Å². The van der Waals surface area contributed by atoms with Crippen LogP contribution in [0.25, 0.3) is 0 Å². The molecule has 1 aromatic carbocycles. The number of aliphatic hydroxyl groups is 1. The Labute approximate surface area is 122 Å². The van der Waals surface area contributed by atoms with Crippen molar-refractivity contribution in [3.63, 3.8) is 0 Å². The molecule has 0 saturated heterocycles. The van der Waals surface area contributed by atoms with Gasteiger partial charge in [-0.3, -0.25) is 0 Å². The van der Waals surface area contributed by atoms with E-state index in [2.05, 4.69) is 18.6 Å². The molecular formula is C15H25NO3S. The summed E-state index contributed by atoms with van der Waals surface area (Å²) in [4.78, 5) is 0. The number of rotatable bonds is 9. The van der Waals surface area contributed by atoms with E-state index in [0.29, 0.717) is 18.0 Å². The zero-order valence-electron chi connectivity index (χ0n) is 12.3. The molecule has 0 aromatic heterocycles. The predicted octanol–water partition coefficient (Wildman–Crippen LogP) is 2.42. The number of aliphatic hydroxyl groups excluding tert-OH is 1. The van der Waals surface area contributed by atoms with Crippen LogP contribution in [0.4, 0.5) is 0 Å². The number of sulfonamides is 1. The van der Waals surface area contributed by atoms with Gasteiger partial charge < -0.3 is 5.11 Å². The summed E-state index contributed by atoms with van der Waals surface area (Å²) in [6.45, 7) is 4.75. The van der Waals surface area contributed by atoms with Gasteiger partial charge in [0.2, 0.25) is 10.0 Å². The summed E-state index contributed by atoms with van der Waals surface area (Å²) < 4.78 is 26.5. The molecule has 0 radical (unpaired) electrons. The van der Waals surface area contributed by atoms with E-state index in [1.807, 2.05) is 0 Å². The Hall–Kier alpha value is -0.910. The molecule has 1 rings (SSSR count). The van der Waals surface area contributed by atoms with Gasteiger partial charge in [0, 0.05) is 6.54 Å². The Bertz CT molecular complexity index is 498. The second-order valence-electron chi connectivity index (χ2n) is 5.52. The first-order valence-corrected chi connectivity index (χ1v) is 8.74. The van der Waals surface area contributed by atoms with E-state index in [1.165, 1.54) is 0 Å². The number of nitrogens with one attached hydrogen (secondary N) is 1. The van der Waals surface area contributed by atoms with Crippen molar-refractivity contribution in [1.29, 1.82) is 0 Å². The van der Waals surface area contributed by atoms with Crippen molar-refractivity contribution in [2.45, 2.75) is 45.5 Å². The molecule has 0 aliphatic rings. The number of hydrogen-bond acceptors (Lipinski definition) is 3. The lowest BCUT2D eigenvalue weighted by atomic mass is 10.1. The topological polar surface area (TPSA) is 66.4 Å². The van der Waals surface area contributed by atoms with Crippen LogP contribution in [0.5, 0.6) is 0 Å². The van der Waals surface area contributed by atoms with Gasteiger partial charge in [-0.05, 0) is 23.5 Å². The molecule has 0 saturated carbocycles. The molecule has 0 fully saturated rings. The summed E-state index contributed by atoms with van der Waals surface area (Å²) in [5, 5.41) is 9.04. The third kappa shape index (κ3) is 7.03. The fourth-order valence-corrected chi connectivity index (χ4v) is 3.17. The second-order valence-corrected chi connectivity index (χ2v) is 7.33. The summed E-state index contributed by atoms with van der Waals surface area (Å²) in [6.07, 6.45) is 3.04. The molecule has 0 amide bonds. The van der Waals surface area contributed by atoms with Crippen LogP contribution in [0.1, 0.15) is 44.2 Å². The lowest BCUT2D eigenvalue weighted by Gasteiger charge is -2.08. The van der Waals surface area contributed by atoms with E-state index in [4.69, 9.17) is 5.11 Å². The summed E-state index contributed by atoms with van der Waals surface area (Å²) >= 11 is 0. The van der Waals surface area contributed by atoms with Crippen LogP contribution in [-0.4, -0.2) is 20.1 Å². The van der Waals surface area contributed by atoms with Crippen LogP contribution >= 0.6 is 0 Å². The molecule has 20 heavy (non-hydrogen) atoms. The van der Waals surface area contributed by atoms with Crippen LogP contribution in [0.2, 0.25) is 0 Å². The fourth-order valence-electron chi connectivity index (χ4n) is 1.99. The van der Waals surface area contributed by atoms with Gasteiger partial charge in [-0.25, -0.2) is 13.1 Å². The molecule has 114 valence electrons. The Morgan fingerprint density at radius 1 is 1.20 bits per heavy atom. The van der Waals surface area contributed by atoms with Crippen molar-refractivity contribution < 1.29 is 13.5 Å². The van der Waals surface area contributed by atoms with Gasteiger partial charge in [0.1, 0.15) is 0 Å².